The number of aryl methyl sites for hydroxylation is 1. The molecule has 7 nitrogen and oxygen atoms in total. The molecule has 0 aliphatic rings. The van der Waals surface area contributed by atoms with Gasteiger partial charge in [-0.05, 0) is 30.7 Å². The summed E-state index contributed by atoms with van der Waals surface area (Å²) in [4.78, 5) is 10.4. The van der Waals surface area contributed by atoms with Gasteiger partial charge in [-0.25, -0.2) is 4.39 Å². The smallest absolute Gasteiger partial charge is 0.508 e. The molecule has 3 N–H and O–H groups in total. The van der Waals surface area contributed by atoms with Crippen LogP contribution in [0.3, 0.4) is 0 Å². The number of nitrogens with two attached hydrogens (primary N) is 1. The van der Waals surface area contributed by atoms with Crippen molar-refractivity contribution in [2.75, 3.05) is 5.73 Å². The van der Waals surface area contributed by atoms with E-state index in [-0.39, 0.29) is 28.9 Å². The quantitative estimate of drug-likeness (QED) is 0.533. The molecule has 0 saturated carbocycles. The summed E-state index contributed by atoms with van der Waals surface area (Å²) in [6, 6.07) is 9.23. The van der Waals surface area contributed by atoms with Gasteiger partial charge in [0.2, 0.25) is 0 Å². The zero-order chi connectivity index (χ0) is 18.8. The Kier molecular flexibility index (Phi) is 4.52. The molecule has 3 rings (SSSR count). The molecule has 0 bridgehead atoms. The lowest BCUT2D eigenvalue weighted by Crippen LogP contribution is -2.34. The number of fused-ring (bicyclic) bond motifs is 1. The molecule has 0 atom stereocenters. The summed E-state index contributed by atoms with van der Waals surface area (Å²) in [6.07, 6.45) is 0. The Balaban J connectivity index is 2.25. The highest BCUT2D eigenvalue weighted by Crippen LogP contribution is 2.30. The Morgan fingerprint density at radius 3 is 2.77 bits per heavy atom. The van der Waals surface area contributed by atoms with Crippen molar-refractivity contribution in [1.82, 2.24) is 10.2 Å². The van der Waals surface area contributed by atoms with E-state index in [0.717, 1.165) is 6.07 Å². The van der Waals surface area contributed by atoms with Crippen LogP contribution in [-0.2, 0) is 9.45 Å². The van der Waals surface area contributed by atoms with Gasteiger partial charge in [-0.15, -0.1) is 5.10 Å². The van der Waals surface area contributed by atoms with Gasteiger partial charge < -0.3 is 15.4 Å². The van der Waals surface area contributed by atoms with Crippen molar-refractivity contribution in [3.63, 3.8) is 0 Å². The van der Waals surface area contributed by atoms with E-state index < -0.39 is 12.9 Å². The minimum Gasteiger partial charge on any atom is -0.508 e. The standard InChI is InChI=1S/C17H12BFN4O3/c1-9-13-4-10(2-3-12(13)17(21)23-22-9)14-5-11(18(25)26-8-24)6-16(19)15(14)7-20/h2-6,8,25H,1H3,(H2,21,23). The van der Waals surface area contributed by atoms with Crippen molar-refractivity contribution >= 4 is 35.6 Å². The van der Waals surface area contributed by atoms with Crippen molar-refractivity contribution in [2.45, 2.75) is 6.92 Å². The predicted molar refractivity (Wildman–Crippen MR) is 93.6 cm³/mol. The number of nitrogen functional groups attached to an aromatic ring is 1. The largest absolute Gasteiger partial charge is 0.561 e. The van der Waals surface area contributed by atoms with Gasteiger partial charge in [-0.2, -0.15) is 10.4 Å². The van der Waals surface area contributed by atoms with Crippen molar-refractivity contribution in [3.8, 4) is 17.2 Å². The Labute approximate surface area is 148 Å². The summed E-state index contributed by atoms with van der Waals surface area (Å²) >= 11 is 0. The summed E-state index contributed by atoms with van der Waals surface area (Å²) in [5, 5.41) is 28.3. The predicted octanol–water partition coefficient (Wildman–Crippen LogP) is 1.06. The number of benzene rings is 2. The van der Waals surface area contributed by atoms with Crippen LogP contribution >= 0.6 is 0 Å². The third-order valence-electron chi connectivity index (χ3n) is 4.00. The molecule has 128 valence electrons. The maximum atomic E-state index is 14.3. The Bertz CT molecular complexity index is 1070. The summed E-state index contributed by atoms with van der Waals surface area (Å²) < 4.78 is 18.8. The fourth-order valence-electron chi connectivity index (χ4n) is 2.71. The second-order valence-electron chi connectivity index (χ2n) is 5.55. The number of rotatable bonds is 4. The van der Waals surface area contributed by atoms with Crippen LogP contribution in [0.2, 0.25) is 0 Å². The minimum absolute atomic E-state index is 0.00721. The first-order valence-electron chi connectivity index (χ1n) is 7.50. The van der Waals surface area contributed by atoms with Gasteiger partial charge >= 0.3 is 7.12 Å². The summed E-state index contributed by atoms with van der Waals surface area (Å²) in [7, 11) is -1.64. The molecule has 0 spiro atoms. The van der Waals surface area contributed by atoms with Gasteiger partial charge in [0.1, 0.15) is 11.9 Å². The molecule has 3 aromatic rings. The normalized spacial score (nSPS) is 10.4. The van der Waals surface area contributed by atoms with Crippen molar-refractivity contribution < 1.29 is 18.9 Å². The molecule has 0 saturated heterocycles. The van der Waals surface area contributed by atoms with Gasteiger partial charge in [0.05, 0.1) is 11.3 Å². The van der Waals surface area contributed by atoms with E-state index in [9.17, 15) is 19.5 Å². The third-order valence-corrected chi connectivity index (χ3v) is 4.00. The van der Waals surface area contributed by atoms with Crippen LogP contribution in [0, 0.1) is 24.1 Å². The molecule has 9 heteroatoms. The number of carbonyl (C=O) groups is 1. The van der Waals surface area contributed by atoms with Gasteiger partial charge in [0, 0.05) is 21.8 Å². The number of nitriles is 1. The number of nitrogens with zero attached hydrogens (tertiary/aromatic N) is 3. The maximum absolute atomic E-state index is 14.3. The van der Waals surface area contributed by atoms with Gasteiger partial charge in [0.15, 0.2) is 5.82 Å². The Morgan fingerprint density at radius 2 is 2.08 bits per heavy atom. The van der Waals surface area contributed by atoms with Crippen molar-refractivity contribution in [1.29, 1.82) is 5.26 Å². The molecule has 26 heavy (non-hydrogen) atoms. The summed E-state index contributed by atoms with van der Waals surface area (Å²) in [5.74, 6) is -0.579. The van der Waals surface area contributed by atoms with Crippen molar-refractivity contribution in [3.05, 3.63) is 47.4 Å². The second-order valence-corrected chi connectivity index (χ2v) is 5.55. The first-order valence-corrected chi connectivity index (χ1v) is 7.50. The van der Waals surface area contributed by atoms with Crippen LogP contribution < -0.4 is 11.2 Å². The van der Waals surface area contributed by atoms with Crippen LogP contribution in [0.15, 0.2) is 30.3 Å². The average molecular weight is 350 g/mol. The number of hydrogen-bond donors (Lipinski definition) is 2. The number of aromatic nitrogens is 2. The van der Waals surface area contributed by atoms with E-state index >= 15 is 0 Å². The highest BCUT2D eigenvalue weighted by molar-refractivity contribution is 6.61. The number of halogens is 1. The van der Waals surface area contributed by atoms with Crippen LogP contribution in [0.4, 0.5) is 10.2 Å². The average Bonchev–Trinajstić information content (AvgIpc) is 2.64. The van der Waals surface area contributed by atoms with E-state index in [1.54, 1.807) is 25.1 Å². The van der Waals surface area contributed by atoms with E-state index in [1.807, 2.05) is 6.07 Å². The lowest BCUT2D eigenvalue weighted by Gasteiger charge is -2.12. The second kappa shape index (κ2) is 6.78. The van der Waals surface area contributed by atoms with Crippen molar-refractivity contribution in [2.24, 2.45) is 0 Å². The highest BCUT2D eigenvalue weighted by atomic mass is 19.1. The molecule has 0 unspecified atom stereocenters. The molecule has 0 aliphatic heterocycles. The van der Waals surface area contributed by atoms with E-state index in [1.165, 1.54) is 6.07 Å². The lowest BCUT2D eigenvalue weighted by atomic mass is 9.77. The number of anilines is 1. The van der Waals surface area contributed by atoms with E-state index in [2.05, 4.69) is 14.9 Å². The molecule has 1 aromatic heterocycles. The first-order chi connectivity index (χ1) is 12.5. The highest BCUT2D eigenvalue weighted by Gasteiger charge is 2.23. The maximum Gasteiger partial charge on any atom is 0.561 e. The fraction of sp³-hybridized carbons (Fsp3) is 0.0588. The molecule has 0 aliphatic carbocycles. The molecule has 2 aromatic carbocycles. The molecule has 0 radical (unpaired) electrons. The summed E-state index contributed by atoms with van der Waals surface area (Å²) in [5.41, 5.74) is 7.02. The van der Waals surface area contributed by atoms with Gasteiger partial charge in [-0.1, -0.05) is 12.1 Å². The Hall–Kier alpha value is -3.51. The van der Waals surface area contributed by atoms with Crippen LogP contribution in [0.1, 0.15) is 11.3 Å². The molecule has 0 fully saturated rings. The zero-order valence-electron chi connectivity index (χ0n) is 13.6. The van der Waals surface area contributed by atoms with Crippen LogP contribution in [-0.4, -0.2) is 28.8 Å². The van der Waals surface area contributed by atoms with Crippen LogP contribution in [0.5, 0.6) is 0 Å². The third kappa shape index (κ3) is 2.94. The molecular formula is C17H12BFN4O3. The monoisotopic (exact) mass is 350 g/mol. The lowest BCUT2D eigenvalue weighted by molar-refractivity contribution is -0.121. The van der Waals surface area contributed by atoms with E-state index in [0.29, 0.717) is 22.0 Å². The van der Waals surface area contributed by atoms with Gasteiger partial charge in [-0.3, -0.25) is 4.79 Å². The minimum atomic E-state index is -1.64. The molecule has 1 heterocycles. The topological polar surface area (TPSA) is 122 Å². The SMILES string of the molecule is Cc1nnc(N)c2ccc(-c3cc(B(O)OC=O)cc(F)c3C#N)cc12. The molecule has 0 amide bonds. The van der Waals surface area contributed by atoms with E-state index in [4.69, 9.17) is 5.73 Å². The number of hydrogen-bond acceptors (Lipinski definition) is 7. The summed E-state index contributed by atoms with van der Waals surface area (Å²) in [6.45, 7) is 1.81. The Morgan fingerprint density at radius 1 is 1.31 bits per heavy atom. The number of carbonyl (C=O) groups excluding carboxylic acids is 1. The zero-order valence-corrected chi connectivity index (χ0v) is 13.6. The first kappa shape index (κ1) is 17.3. The fourth-order valence-corrected chi connectivity index (χ4v) is 2.71. The van der Waals surface area contributed by atoms with Gasteiger partial charge in [0.25, 0.3) is 6.47 Å². The van der Waals surface area contributed by atoms with Crippen LogP contribution in [0.25, 0.3) is 21.9 Å². The molecular weight excluding hydrogens is 338 g/mol.